The van der Waals surface area contributed by atoms with Gasteiger partial charge in [-0.05, 0) is 50.9 Å². The maximum Gasteiger partial charge on any atom is 0.220 e. The van der Waals surface area contributed by atoms with Gasteiger partial charge in [0.1, 0.15) is 0 Å². The van der Waals surface area contributed by atoms with Crippen LogP contribution in [0.15, 0.2) is 30.3 Å². The summed E-state index contributed by atoms with van der Waals surface area (Å²) in [5.74, 6) is 0.172. The van der Waals surface area contributed by atoms with Crippen molar-refractivity contribution in [3.63, 3.8) is 0 Å². The second-order valence-electron chi connectivity index (χ2n) is 6.49. The lowest BCUT2D eigenvalue weighted by molar-refractivity contribution is -0.122. The SMILES string of the molecule is Cl.Cl.NCCCCCCC(=O)NC(CN1CCCC1)c1ccccc1. The molecule has 1 amide bonds. The van der Waals surface area contributed by atoms with Gasteiger partial charge in [-0.3, -0.25) is 4.79 Å². The van der Waals surface area contributed by atoms with Crippen molar-refractivity contribution in [3.05, 3.63) is 35.9 Å². The standard InChI is InChI=1S/C19H31N3O.2ClH/c20-13-7-2-1-6-12-19(23)21-18(16-22-14-8-9-15-22)17-10-4-3-5-11-17;;/h3-5,10-11,18H,1-2,6-9,12-16,20H2,(H,21,23);2*1H. The molecule has 0 aromatic heterocycles. The zero-order valence-electron chi connectivity index (χ0n) is 15.0. The maximum absolute atomic E-state index is 12.3. The fraction of sp³-hybridized carbons (Fsp3) is 0.632. The van der Waals surface area contributed by atoms with Gasteiger partial charge in [-0.2, -0.15) is 0 Å². The van der Waals surface area contributed by atoms with Crippen LogP contribution >= 0.6 is 24.8 Å². The zero-order chi connectivity index (χ0) is 16.3. The van der Waals surface area contributed by atoms with E-state index >= 15 is 0 Å². The quantitative estimate of drug-likeness (QED) is 0.599. The third-order valence-corrected chi connectivity index (χ3v) is 4.53. The molecular weight excluding hydrogens is 357 g/mol. The molecule has 144 valence electrons. The third kappa shape index (κ3) is 9.45. The highest BCUT2D eigenvalue weighted by Gasteiger charge is 2.20. The first-order chi connectivity index (χ1) is 11.3. The molecule has 2 rings (SSSR count). The molecule has 1 aliphatic heterocycles. The number of rotatable bonds is 10. The molecule has 0 saturated carbocycles. The molecule has 1 atom stereocenters. The summed E-state index contributed by atoms with van der Waals surface area (Å²) in [6.45, 7) is 3.97. The van der Waals surface area contributed by atoms with Crippen LogP contribution in [0.25, 0.3) is 0 Å². The van der Waals surface area contributed by atoms with Crippen molar-refractivity contribution in [2.75, 3.05) is 26.2 Å². The lowest BCUT2D eigenvalue weighted by atomic mass is 10.1. The highest BCUT2D eigenvalue weighted by molar-refractivity contribution is 5.85. The van der Waals surface area contributed by atoms with Gasteiger partial charge in [-0.1, -0.05) is 43.2 Å². The number of halogens is 2. The number of hydrogen-bond acceptors (Lipinski definition) is 3. The number of carbonyl (C=O) groups excluding carboxylic acids is 1. The Labute approximate surface area is 164 Å². The third-order valence-electron chi connectivity index (χ3n) is 4.53. The molecule has 1 fully saturated rings. The van der Waals surface area contributed by atoms with E-state index in [1.165, 1.54) is 18.4 Å². The van der Waals surface area contributed by atoms with E-state index in [-0.39, 0.29) is 36.8 Å². The number of nitrogens with two attached hydrogens (primary N) is 1. The molecule has 0 spiro atoms. The van der Waals surface area contributed by atoms with Crippen LogP contribution in [0.5, 0.6) is 0 Å². The topological polar surface area (TPSA) is 58.4 Å². The Bertz CT molecular complexity index is 453. The molecule has 0 radical (unpaired) electrons. The van der Waals surface area contributed by atoms with Crippen molar-refractivity contribution in [2.24, 2.45) is 5.73 Å². The van der Waals surface area contributed by atoms with E-state index in [0.29, 0.717) is 6.42 Å². The number of carbonyl (C=O) groups is 1. The predicted octanol–water partition coefficient (Wildman–Crippen LogP) is 3.69. The van der Waals surface area contributed by atoms with Crippen LogP contribution in [-0.2, 0) is 4.79 Å². The van der Waals surface area contributed by atoms with Crippen molar-refractivity contribution < 1.29 is 4.79 Å². The van der Waals surface area contributed by atoms with E-state index in [0.717, 1.165) is 51.9 Å². The first-order valence-electron chi connectivity index (χ1n) is 9.06. The smallest absolute Gasteiger partial charge is 0.220 e. The Morgan fingerprint density at radius 3 is 2.32 bits per heavy atom. The number of nitrogens with zero attached hydrogens (tertiary/aromatic N) is 1. The minimum absolute atomic E-state index is 0. The molecule has 1 saturated heterocycles. The van der Waals surface area contributed by atoms with E-state index < -0.39 is 0 Å². The van der Waals surface area contributed by atoms with Crippen molar-refractivity contribution in [2.45, 2.75) is 51.0 Å². The van der Waals surface area contributed by atoms with Gasteiger partial charge in [0.25, 0.3) is 0 Å². The number of nitrogens with one attached hydrogen (secondary N) is 1. The average Bonchev–Trinajstić information content (AvgIpc) is 3.08. The monoisotopic (exact) mass is 389 g/mol. The average molecular weight is 390 g/mol. The molecule has 0 aliphatic carbocycles. The van der Waals surface area contributed by atoms with Gasteiger partial charge in [-0.15, -0.1) is 24.8 Å². The van der Waals surface area contributed by atoms with E-state index in [2.05, 4.69) is 22.3 Å². The zero-order valence-corrected chi connectivity index (χ0v) is 16.6. The van der Waals surface area contributed by atoms with Crippen LogP contribution in [0.1, 0.15) is 56.6 Å². The molecule has 3 N–H and O–H groups in total. The fourth-order valence-electron chi connectivity index (χ4n) is 3.19. The van der Waals surface area contributed by atoms with Gasteiger partial charge in [-0.25, -0.2) is 0 Å². The van der Waals surface area contributed by atoms with Gasteiger partial charge in [0.2, 0.25) is 5.91 Å². The van der Waals surface area contributed by atoms with Crippen molar-refractivity contribution in [1.82, 2.24) is 10.2 Å². The van der Waals surface area contributed by atoms with Gasteiger partial charge in [0, 0.05) is 13.0 Å². The van der Waals surface area contributed by atoms with E-state index in [9.17, 15) is 4.79 Å². The van der Waals surface area contributed by atoms with Crippen molar-refractivity contribution in [3.8, 4) is 0 Å². The molecule has 0 bridgehead atoms. The van der Waals surface area contributed by atoms with Crippen LogP contribution in [0, 0.1) is 0 Å². The molecule has 1 aliphatic rings. The summed E-state index contributed by atoms with van der Waals surface area (Å²) in [6.07, 6.45) is 7.40. The van der Waals surface area contributed by atoms with E-state index in [1.54, 1.807) is 0 Å². The van der Waals surface area contributed by atoms with E-state index in [1.807, 2.05) is 18.2 Å². The first kappa shape index (κ1) is 24.2. The van der Waals surface area contributed by atoms with Gasteiger partial charge in [0.05, 0.1) is 6.04 Å². The lowest BCUT2D eigenvalue weighted by Crippen LogP contribution is -2.36. The Morgan fingerprint density at radius 2 is 1.68 bits per heavy atom. The molecule has 1 aromatic carbocycles. The summed E-state index contributed by atoms with van der Waals surface area (Å²) in [7, 11) is 0. The van der Waals surface area contributed by atoms with Crippen LogP contribution < -0.4 is 11.1 Å². The Balaban J connectivity index is 0.00000288. The maximum atomic E-state index is 12.3. The number of likely N-dealkylation sites (tertiary alicyclic amines) is 1. The summed E-state index contributed by atoms with van der Waals surface area (Å²) >= 11 is 0. The van der Waals surface area contributed by atoms with Gasteiger partial charge in [0.15, 0.2) is 0 Å². The molecular formula is C19H33Cl2N3O. The lowest BCUT2D eigenvalue weighted by Gasteiger charge is -2.25. The van der Waals surface area contributed by atoms with Crippen LogP contribution in [0.3, 0.4) is 0 Å². The Morgan fingerprint density at radius 1 is 1.04 bits per heavy atom. The van der Waals surface area contributed by atoms with Crippen molar-refractivity contribution in [1.29, 1.82) is 0 Å². The first-order valence-corrected chi connectivity index (χ1v) is 9.06. The van der Waals surface area contributed by atoms with Gasteiger partial charge < -0.3 is 16.0 Å². The largest absolute Gasteiger partial charge is 0.348 e. The van der Waals surface area contributed by atoms with Gasteiger partial charge >= 0.3 is 0 Å². The number of amides is 1. The number of hydrogen-bond donors (Lipinski definition) is 2. The molecule has 1 heterocycles. The Hall–Kier alpha value is -0.810. The highest BCUT2D eigenvalue weighted by atomic mass is 35.5. The summed E-state index contributed by atoms with van der Waals surface area (Å²) in [6, 6.07) is 10.4. The summed E-state index contributed by atoms with van der Waals surface area (Å²) in [4.78, 5) is 14.7. The molecule has 25 heavy (non-hydrogen) atoms. The fourth-order valence-corrected chi connectivity index (χ4v) is 3.19. The summed E-state index contributed by atoms with van der Waals surface area (Å²) in [5, 5.41) is 3.25. The molecule has 1 aromatic rings. The van der Waals surface area contributed by atoms with Crippen molar-refractivity contribution >= 4 is 30.7 Å². The normalized spacial score (nSPS) is 15.1. The Kier molecular flexibility index (Phi) is 13.9. The molecule has 4 nitrogen and oxygen atoms in total. The number of benzene rings is 1. The minimum Gasteiger partial charge on any atom is -0.348 e. The van der Waals surface area contributed by atoms with Crippen LogP contribution in [-0.4, -0.2) is 37.0 Å². The second kappa shape index (κ2) is 14.4. The second-order valence-corrected chi connectivity index (χ2v) is 6.49. The number of unbranched alkanes of at least 4 members (excludes halogenated alkanes) is 3. The molecule has 1 unspecified atom stereocenters. The summed E-state index contributed by atoms with van der Waals surface area (Å²) in [5.41, 5.74) is 6.70. The van der Waals surface area contributed by atoms with Crippen LogP contribution in [0.2, 0.25) is 0 Å². The van der Waals surface area contributed by atoms with E-state index in [4.69, 9.17) is 5.73 Å². The predicted molar refractivity (Wildman–Crippen MR) is 110 cm³/mol. The summed E-state index contributed by atoms with van der Waals surface area (Å²) < 4.78 is 0. The minimum atomic E-state index is 0. The molecule has 6 heteroatoms. The highest BCUT2D eigenvalue weighted by Crippen LogP contribution is 2.18. The van der Waals surface area contributed by atoms with Crippen LogP contribution in [0.4, 0.5) is 0 Å².